The Morgan fingerprint density at radius 1 is 1.18 bits per heavy atom. The molecule has 0 saturated heterocycles. The molecule has 1 heterocycles. The first-order valence-electron chi connectivity index (χ1n) is 5.31. The molecule has 4 heteroatoms. The Labute approximate surface area is 104 Å². The highest BCUT2D eigenvalue weighted by molar-refractivity contribution is 7.09. The number of hydrogen-bond acceptors (Lipinski definition) is 4. The summed E-state index contributed by atoms with van der Waals surface area (Å²) in [5.41, 5.74) is 0.917. The number of thiophene rings is 1. The fourth-order valence-electron chi connectivity index (χ4n) is 1.33. The van der Waals surface area contributed by atoms with E-state index in [9.17, 15) is 4.79 Å². The molecule has 0 bridgehead atoms. The molecule has 1 aromatic carbocycles. The highest BCUT2D eigenvalue weighted by Gasteiger charge is 2.03. The molecule has 1 aromatic heterocycles. The lowest BCUT2D eigenvalue weighted by molar-refractivity contribution is -0.142. The van der Waals surface area contributed by atoms with E-state index in [-0.39, 0.29) is 12.5 Å². The van der Waals surface area contributed by atoms with Gasteiger partial charge >= 0.3 is 5.97 Å². The van der Waals surface area contributed by atoms with Gasteiger partial charge < -0.3 is 10.1 Å². The number of carbonyl (C=O) groups excluding carboxylic acids is 1. The second kappa shape index (κ2) is 6.06. The third kappa shape index (κ3) is 3.92. The average Bonchev–Trinajstić information content (AvgIpc) is 2.88. The van der Waals surface area contributed by atoms with Gasteiger partial charge in [0.15, 0.2) is 0 Å². The van der Waals surface area contributed by atoms with E-state index in [4.69, 9.17) is 4.74 Å². The van der Waals surface area contributed by atoms with Gasteiger partial charge in [-0.3, -0.25) is 4.79 Å². The van der Waals surface area contributed by atoms with E-state index in [2.05, 4.69) is 5.32 Å². The molecular formula is C13H13NO2S. The Kier molecular flexibility index (Phi) is 4.16. The van der Waals surface area contributed by atoms with Crippen LogP contribution >= 0.6 is 11.3 Å². The SMILES string of the molecule is O=C(CNc1ccccc1)OCc1cccs1. The number of carbonyl (C=O) groups is 1. The maximum Gasteiger partial charge on any atom is 0.325 e. The number of para-hydroxylation sites is 1. The number of esters is 1. The molecule has 3 nitrogen and oxygen atoms in total. The van der Waals surface area contributed by atoms with Gasteiger partial charge in [-0.25, -0.2) is 0 Å². The van der Waals surface area contributed by atoms with Crippen LogP contribution in [-0.2, 0) is 16.1 Å². The molecule has 2 aromatic rings. The summed E-state index contributed by atoms with van der Waals surface area (Å²) in [5.74, 6) is -0.248. The van der Waals surface area contributed by atoms with E-state index < -0.39 is 0 Å². The molecule has 0 aliphatic rings. The van der Waals surface area contributed by atoms with Crippen molar-refractivity contribution in [2.24, 2.45) is 0 Å². The molecular weight excluding hydrogens is 234 g/mol. The molecule has 0 aliphatic heterocycles. The van der Waals surface area contributed by atoms with Crippen molar-refractivity contribution in [3.63, 3.8) is 0 Å². The van der Waals surface area contributed by atoms with E-state index in [1.807, 2.05) is 47.8 Å². The van der Waals surface area contributed by atoms with Crippen molar-refractivity contribution in [3.05, 3.63) is 52.7 Å². The van der Waals surface area contributed by atoms with Crippen LogP contribution < -0.4 is 5.32 Å². The maximum absolute atomic E-state index is 11.4. The van der Waals surface area contributed by atoms with Gasteiger partial charge in [-0.15, -0.1) is 11.3 Å². The van der Waals surface area contributed by atoms with Crippen molar-refractivity contribution in [2.75, 3.05) is 11.9 Å². The normalized spacial score (nSPS) is 9.88. The molecule has 0 fully saturated rings. The van der Waals surface area contributed by atoms with E-state index >= 15 is 0 Å². The summed E-state index contributed by atoms with van der Waals surface area (Å²) >= 11 is 1.58. The first kappa shape index (κ1) is 11.7. The second-order valence-electron chi connectivity index (χ2n) is 3.46. The monoisotopic (exact) mass is 247 g/mol. The molecule has 0 radical (unpaired) electrons. The van der Waals surface area contributed by atoms with E-state index in [1.54, 1.807) is 11.3 Å². The van der Waals surface area contributed by atoms with Crippen molar-refractivity contribution < 1.29 is 9.53 Å². The summed E-state index contributed by atoms with van der Waals surface area (Å²) in [5, 5.41) is 4.97. The zero-order chi connectivity index (χ0) is 11.9. The molecule has 0 spiro atoms. The third-order valence-electron chi connectivity index (χ3n) is 2.17. The summed E-state index contributed by atoms with van der Waals surface area (Å²) in [7, 11) is 0. The van der Waals surface area contributed by atoms with Gasteiger partial charge in [-0.1, -0.05) is 24.3 Å². The predicted octanol–water partition coefficient (Wildman–Crippen LogP) is 2.90. The second-order valence-corrected chi connectivity index (χ2v) is 4.49. The lowest BCUT2D eigenvalue weighted by Crippen LogP contribution is -2.16. The lowest BCUT2D eigenvalue weighted by Gasteiger charge is -2.06. The fourth-order valence-corrected chi connectivity index (χ4v) is 1.94. The van der Waals surface area contributed by atoms with Crippen LogP contribution in [0, 0.1) is 0 Å². The Balaban J connectivity index is 1.71. The Morgan fingerprint density at radius 2 is 2.00 bits per heavy atom. The highest BCUT2D eigenvalue weighted by Crippen LogP contribution is 2.10. The number of nitrogens with one attached hydrogen (secondary N) is 1. The van der Waals surface area contributed by atoms with E-state index in [0.717, 1.165) is 10.6 Å². The van der Waals surface area contributed by atoms with Gasteiger partial charge in [0.05, 0.1) is 0 Å². The van der Waals surface area contributed by atoms with Crippen LogP contribution in [0.15, 0.2) is 47.8 Å². The third-order valence-corrected chi connectivity index (χ3v) is 3.02. The summed E-state index contributed by atoms with van der Waals surface area (Å²) in [6.45, 7) is 0.544. The van der Waals surface area contributed by atoms with Crippen molar-refractivity contribution in [2.45, 2.75) is 6.61 Å². The fraction of sp³-hybridized carbons (Fsp3) is 0.154. The molecule has 0 aliphatic carbocycles. The first-order chi connectivity index (χ1) is 8.34. The standard InChI is InChI=1S/C13H13NO2S/c15-13(16-10-12-7-4-8-17-12)9-14-11-5-2-1-3-6-11/h1-8,14H,9-10H2. The largest absolute Gasteiger partial charge is 0.459 e. The molecule has 17 heavy (non-hydrogen) atoms. The predicted molar refractivity (Wildman–Crippen MR) is 69.0 cm³/mol. The smallest absolute Gasteiger partial charge is 0.325 e. The van der Waals surface area contributed by atoms with E-state index in [0.29, 0.717) is 6.61 Å². The number of hydrogen-bond donors (Lipinski definition) is 1. The maximum atomic E-state index is 11.4. The minimum atomic E-state index is -0.248. The van der Waals surface area contributed by atoms with Crippen LogP contribution in [0.5, 0.6) is 0 Å². The lowest BCUT2D eigenvalue weighted by atomic mass is 10.3. The minimum Gasteiger partial charge on any atom is -0.459 e. The van der Waals surface area contributed by atoms with Gasteiger partial charge in [0.2, 0.25) is 0 Å². The van der Waals surface area contributed by atoms with Crippen molar-refractivity contribution in [1.29, 1.82) is 0 Å². The van der Waals surface area contributed by atoms with Gasteiger partial charge in [0.1, 0.15) is 13.2 Å². The molecule has 0 unspecified atom stereocenters. The zero-order valence-corrected chi connectivity index (χ0v) is 10.1. The highest BCUT2D eigenvalue weighted by atomic mass is 32.1. The van der Waals surface area contributed by atoms with Gasteiger partial charge in [0.25, 0.3) is 0 Å². The Bertz CT molecular complexity index is 454. The number of ether oxygens (including phenoxy) is 1. The molecule has 1 N–H and O–H groups in total. The number of rotatable bonds is 5. The molecule has 2 rings (SSSR count). The Morgan fingerprint density at radius 3 is 2.71 bits per heavy atom. The number of anilines is 1. The van der Waals surface area contributed by atoms with Crippen LogP contribution in [0.25, 0.3) is 0 Å². The van der Waals surface area contributed by atoms with Gasteiger partial charge in [-0.2, -0.15) is 0 Å². The van der Waals surface area contributed by atoms with Crippen molar-refractivity contribution in [1.82, 2.24) is 0 Å². The quantitative estimate of drug-likeness (QED) is 0.826. The molecule has 0 amide bonds. The van der Waals surface area contributed by atoms with Crippen LogP contribution in [0.2, 0.25) is 0 Å². The van der Waals surface area contributed by atoms with Crippen LogP contribution in [0.4, 0.5) is 5.69 Å². The molecule has 0 saturated carbocycles. The minimum absolute atomic E-state index is 0.190. The van der Waals surface area contributed by atoms with Crippen molar-refractivity contribution >= 4 is 23.0 Å². The molecule has 0 atom stereocenters. The first-order valence-corrected chi connectivity index (χ1v) is 6.19. The average molecular weight is 247 g/mol. The number of benzene rings is 1. The van der Waals surface area contributed by atoms with Crippen LogP contribution in [0.1, 0.15) is 4.88 Å². The Hall–Kier alpha value is -1.81. The summed E-state index contributed by atoms with van der Waals surface area (Å²) in [6.07, 6.45) is 0. The van der Waals surface area contributed by atoms with E-state index in [1.165, 1.54) is 0 Å². The molecule has 88 valence electrons. The van der Waals surface area contributed by atoms with Crippen LogP contribution in [-0.4, -0.2) is 12.5 Å². The van der Waals surface area contributed by atoms with Crippen LogP contribution in [0.3, 0.4) is 0 Å². The zero-order valence-electron chi connectivity index (χ0n) is 9.26. The summed E-state index contributed by atoms with van der Waals surface area (Å²) < 4.78 is 5.12. The summed E-state index contributed by atoms with van der Waals surface area (Å²) in [4.78, 5) is 12.5. The topological polar surface area (TPSA) is 38.3 Å². The van der Waals surface area contributed by atoms with Gasteiger partial charge in [0, 0.05) is 10.6 Å². The van der Waals surface area contributed by atoms with Gasteiger partial charge in [-0.05, 0) is 23.6 Å². The van der Waals surface area contributed by atoms with Crippen molar-refractivity contribution in [3.8, 4) is 0 Å². The summed E-state index contributed by atoms with van der Waals surface area (Å²) in [6, 6.07) is 13.5.